The van der Waals surface area contributed by atoms with Crippen molar-refractivity contribution in [1.82, 2.24) is 9.88 Å². The highest BCUT2D eigenvalue weighted by Crippen LogP contribution is 2.40. The van der Waals surface area contributed by atoms with Gasteiger partial charge in [0.25, 0.3) is 5.91 Å². The van der Waals surface area contributed by atoms with E-state index in [1.54, 1.807) is 11.0 Å². The molecule has 0 radical (unpaired) electrons. The topological polar surface area (TPSA) is 100 Å². The molecule has 0 unspecified atom stereocenters. The smallest absolute Gasteiger partial charge is 0.414 e. The first-order valence-corrected chi connectivity index (χ1v) is 13.8. The van der Waals surface area contributed by atoms with E-state index < -0.39 is 15.9 Å². The number of pyridine rings is 1. The molecule has 0 N–H and O–H groups in total. The Hall–Kier alpha value is -3.14. The van der Waals surface area contributed by atoms with Crippen LogP contribution < -0.4 is 9.80 Å². The van der Waals surface area contributed by atoms with Crippen molar-refractivity contribution in [3.8, 4) is 0 Å². The summed E-state index contributed by atoms with van der Waals surface area (Å²) in [6, 6.07) is 6.50. The van der Waals surface area contributed by atoms with Crippen LogP contribution in [0, 0.1) is 6.92 Å². The van der Waals surface area contributed by atoms with E-state index >= 15 is 0 Å². The fraction of sp³-hybridized carbons (Fsp3) is 0.480. The minimum atomic E-state index is -3.72. The number of hydrogen-bond acceptors (Lipinski definition) is 7. The second kappa shape index (κ2) is 8.82. The van der Waals surface area contributed by atoms with Gasteiger partial charge >= 0.3 is 6.09 Å². The van der Waals surface area contributed by atoms with Crippen LogP contribution in [-0.4, -0.2) is 75.4 Å². The van der Waals surface area contributed by atoms with Crippen LogP contribution in [0.1, 0.15) is 47.2 Å². The maximum absolute atomic E-state index is 13.4. The second-order valence-corrected chi connectivity index (χ2v) is 11.7. The van der Waals surface area contributed by atoms with Crippen LogP contribution in [0.4, 0.5) is 16.3 Å². The summed E-state index contributed by atoms with van der Waals surface area (Å²) in [6.45, 7) is 6.28. The lowest BCUT2D eigenvalue weighted by atomic mass is 10.1. The molecule has 1 aromatic carbocycles. The Morgan fingerprint density at radius 2 is 1.83 bits per heavy atom. The number of piperazine rings is 1. The number of amides is 2. The Bertz CT molecular complexity index is 1280. The largest absolute Gasteiger partial charge is 0.447 e. The van der Waals surface area contributed by atoms with Crippen LogP contribution in [-0.2, 0) is 14.6 Å². The average Bonchev–Trinajstić information content (AvgIpc) is 3.62. The summed E-state index contributed by atoms with van der Waals surface area (Å²) in [5, 5.41) is 0. The third-order valence-electron chi connectivity index (χ3n) is 6.95. The predicted octanol–water partition coefficient (Wildman–Crippen LogP) is 2.98. The van der Waals surface area contributed by atoms with Crippen LogP contribution >= 0.6 is 0 Å². The van der Waals surface area contributed by atoms with Gasteiger partial charge < -0.3 is 14.5 Å². The summed E-state index contributed by atoms with van der Waals surface area (Å²) in [6.07, 6.45) is 4.99. The molecule has 2 aromatic rings. The van der Waals surface area contributed by atoms with Gasteiger partial charge in [-0.3, -0.25) is 9.69 Å². The van der Waals surface area contributed by atoms with Crippen LogP contribution in [0.3, 0.4) is 0 Å². The summed E-state index contributed by atoms with van der Waals surface area (Å²) >= 11 is 0. The molecular weight excluding hydrogens is 468 g/mol. The average molecular weight is 499 g/mol. The molecule has 1 aliphatic carbocycles. The molecule has 10 heteroatoms. The van der Waals surface area contributed by atoms with Crippen LogP contribution in [0.25, 0.3) is 0 Å². The lowest BCUT2D eigenvalue weighted by molar-refractivity contribution is 0.0742. The third-order valence-corrected chi connectivity index (χ3v) is 8.08. The minimum Gasteiger partial charge on any atom is -0.447 e. The molecular formula is C25H30N4O5S. The van der Waals surface area contributed by atoms with Gasteiger partial charge in [0.2, 0.25) is 0 Å². The summed E-state index contributed by atoms with van der Waals surface area (Å²) in [5.74, 6) is 1.26. The van der Waals surface area contributed by atoms with E-state index in [1.165, 1.54) is 35.4 Å². The predicted molar refractivity (Wildman–Crippen MR) is 132 cm³/mol. The van der Waals surface area contributed by atoms with Gasteiger partial charge in [-0.1, -0.05) is 6.07 Å². The molecule has 35 heavy (non-hydrogen) atoms. The molecule has 186 valence electrons. The normalized spacial score (nSPS) is 20.8. The van der Waals surface area contributed by atoms with Crippen molar-refractivity contribution in [2.24, 2.45) is 0 Å². The molecule has 1 aromatic heterocycles. The SMILES string of the molecule is Cc1cc(C2CC2)cnc1N1CCN(C(=O)c2ccc(N3C(=O)OC[C@H]3C)cc2S(C)(=O)=O)CC1. The molecule has 2 amide bonds. The third kappa shape index (κ3) is 4.59. The maximum atomic E-state index is 13.4. The number of aryl methyl sites for hydroxylation is 1. The van der Waals surface area contributed by atoms with E-state index in [-0.39, 0.29) is 29.0 Å². The Kier molecular flexibility index (Phi) is 5.94. The number of aromatic nitrogens is 1. The Morgan fingerprint density at radius 3 is 2.40 bits per heavy atom. The van der Waals surface area contributed by atoms with Gasteiger partial charge in [0.15, 0.2) is 9.84 Å². The van der Waals surface area contributed by atoms with Crippen LogP contribution in [0.2, 0.25) is 0 Å². The van der Waals surface area contributed by atoms with Crippen molar-refractivity contribution in [2.75, 3.05) is 48.8 Å². The number of nitrogens with zero attached hydrogens (tertiary/aromatic N) is 4. The highest BCUT2D eigenvalue weighted by Gasteiger charge is 2.33. The number of hydrogen-bond donors (Lipinski definition) is 0. The van der Waals surface area contributed by atoms with E-state index in [0.29, 0.717) is 37.8 Å². The molecule has 9 nitrogen and oxygen atoms in total. The molecule has 2 saturated heterocycles. The van der Waals surface area contributed by atoms with Gasteiger partial charge in [0, 0.05) is 44.3 Å². The Labute approximate surface area is 205 Å². The number of rotatable bonds is 5. The highest BCUT2D eigenvalue weighted by molar-refractivity contribution is 7.90. The first-order valence-electron chi connectivity index (χ1n) is 11.9. The summed E-state index contributed by atoms with van der Waals surface area (Å²) in [7, 11) is -3.72. The summed E-state index contributed by atoms with van der Waals surface area (Å²) in [5.41, 5.74) is 2.96. The minimum absolute atomic E-state index is 0.0810. The van der Waals surface area contributed by atoms with Crippen molar-refractivity contribution in [3.05, 3.63) is 47.2 Å². The van der Waals surface area contributed by atoms with Crippen LogP contribution in [0.5, 0.6) is 0 Å². The number of anilines is 2. The number of sulfone groups is 1. The van der Waals surface area contributed by atoms with Gasteiger partial charge in [-0.15, -0.1) is 0 Å². The Morgan fingerprint density at radius 1 is 1.11 bits per heavy atom. The monoisotopic (exact) mass is 498 g/mol. The van der Waals surface area contributed by atoms with Crippen molar-refractivity contribution in [3.63, 3.8) is 0 Å². The maximum Gasteiger partial charge on any atom is 0.414 e. The summed E-state index contributed by atoms with van der Waals surface area (Å²) in [4.78, 5) is 35.4. The van der Waals surface area contributed by atoms with Crippen molar-refractivity contribution in [1.29, 1.82) is 0 Å². The van der Waals surface area contributed by atoms with Crippen molar-refractivity contribution in [2.45, 2.75) is 43.5 Å². The standard InChI is InChI=1S/C25H30N4O5S/c1-16-12-19(18-4-5-18)14-26-23(16)27-8-10-28(11-9-27)24(30)21-7-6-20(13-22(21)35(3,32)33)29-17(2)15-34-25(29)31/h6-7,12-14,17-18H,4-5,8-11,15H2,1-3H3/t17-/m1/s1. The van der Waals surface area contributed by atoms with E-state index in [0.717, 1.165) is 17.6 Å². The fourth-order valence-corrected chi connectivity index (χ4v) is 5.76. The van der Waals surface area contributed by atoms with Gasteiger partial charge in [-0.25, -0.2) is 18.2 Å². The number of ether oxygens (including phenoxy) is 1. The molecule has 3 aliphatic rings. The molecule has 1 saturated carbocycles. The lowest BCUT2D eigenvalue weighted by Gasteiger charge is -2.36. The van der Waals surface area contributed by atoms with Gasteiger partial charge in [-0.2, -0.15) is 0 Å². The van der Waals surface area contributed by atoms with Crippen LogP contribution in [0.15, 0.2) is 35.4 Å². The molecule has 0 bridgehead atoms. The molecule has 1 atom stereocenters. The van der Waals surface area contributed by atoms with E-state index in [9.17, 15) is 18.0 Å². The summed E-state index contributed by atoms with van der Waals surface area (Å²) < 4.78 is 30.3. The van der Waals surface area contributed by atoms with E-state index in [1.807, 2.05) is 13.1 Å². The molecule has 2 aliphatic heterocycles. The van der Waals surface area contributed by atoms with E-state index in [4.69, 9.17) is 9.72 Å². The molecule has 0 spiro atoms. The quantitative estimate of drug-likeness (QED) is 0.625. The van der Waals surface area contributed by atoms with Crippen molar-refractivity contribution < 1.29 is 22.7 Å². The van der Waals surface area contributed by atoms with Crippen molar-refractivity contribution >= 4 is 33.3 Å². The zero-order chi connectivity index (χ0) is 24.9. The zero-order valence-electron chi connectivity index (χ0n) is 20.2. The van der Waals surface area contributed by atoms with E-state index in [2.05, 4.69) is 17.9 Å². The number of carbonyl (C=O) groups excluding carboxylic acids is 2. The number of cyclic esters (lactones) is 1. The molecule has 3 fully saturated rings. The van der Waals surface area contributed by atoms with Gasteiger partial charge in [0.1, 0.15) is 12.4 Å². The molecule has 3 heterocycles. The molecule has 5 rings (SSSR count). The fourth-order valence-electron chi connectivity index (χ4n) is 4.87. The second-order valence-electron chi connectivity index (χ2n) is 9.71. The number of benzene rings is 1. The Balaban J connectivity index is 1.34. The number of carbonyl (C=O) groups is 2. The highest BCUT2D eigenvalue weighted by atomic mass is 32.2. The van der Waals surface area contributed by atoms with Gasteiger partial charge in [0.05, 0.1) is 16.5 Å². The van der Waals surface area contributed by atoms with Gasteiger partial charge in [-0.05, 0) is 61.9 Å². The lowest BCUT2D eigenvalue weighted by Crippen LogP contribution is -2.49. The first kappa shape index (κ1) is 23.6. The first-order chi connectivity index (χ1) is 16.6. The zero-order valence-corrected chi connectivity index (χ0v) is 21.0.